The van der Waals surface area contributed by atoms with Crippen LogP contribution in [0.15, 0.2) is 24.3 Å². The summed E-state index contributed by atoms with van der Waals surface area (Å²) in [5.41, 5.74) is -0.160. The molecule has 2 rings (SSSR count). The summed E-state index contributed by atoms with van der Waals surface area (Å²) < 4.78 is 69.5. The van der Waals surface area contributed by atoms with E-state index in [4.69, 9.17) is 4.74 Å². The van der Waals surface area contributed by atoms with Crippen LogP contribution in [0.5, 0.6) is 0 Å². The largest absolute Gasteiger partial charge is 0.412 e. The first-order chi connectivity index (χ1) is 10.8. The van der Waals surface area contributed by atoms with Gasteiger partial charge in [-0.05, 0) is 42.9 Å². The highest BCUT2D eigenvalue weighted by molar-refractivity contribution is 5.60. The topological polar surface area (TPSA) is 9.23 Å². The maximum Gasteiger partial charge on any atom is 0.412 e. The molecule has 1 fully saturated rings. The number of allylic oxidation sites excluding steroid dienone is 1. The zero-order valence-electron chi connectivity index (χ0n) is 12.8. The second-order valence-electron chi connectivity index (χ2n) is 5.83. The molecule has 0 spiro atoms. The Hall–Kier alpha value is -1.43. The van der Waals surface area contributed by atoms with E-state index < -0.39 is 29.5 Å². The highest BCUT2D eigenvalue weighted by atomic mass is 19.4. The molecule has 0 amide bonds. The fourth-order valence-corrected chi connectivity index (χ4v) is 2.85. The Labute approximate surface area is 132 Å². The summed E-state index contributed by atoms with van der Waals surface area (Å²) in [7, 11) is 0. The lowest BCUT2D eigenvalue weighted by Gasteiger charge is -2.29. The van der Waals surface area contributed by atoms with E-state index in [1.807, 2.05) is 0 Å². The molecular weight excluding hydrogens is 315 g/mol. The Morgan fingerprint density at radius 3 is 2.57 bits per heavy atom. The van der Waals surface area contributed by atoms with E-state index in [9.17, 15) is 22.0 Å². The van der Waals surface area contributed by atoms with Gasteiger partial charge in [0.1, 0.15) is 11.6 Å². The van der Waals surface area contributed by atoms with Crippen LogP contribution < -0.4 is 0 Å². The summed E-state index contributed by atoms with van der Waals surface area (Å²) in [5.74, 6) is -2.15. The molecule has 6 heteroatoms. The Morgan fingerprint density at radius 2 is 2.04 bits per heavy atom. The zero-order chi connectivity index (χ0) is 17.0. The molecule has 0 bridgehead atoms. The quantitative estimate of drug-likeness (QED) is 0.617. The lowest BCUT2D eigenvalue weighted by molar-refractivity contribution is -0.0798. The van der Waals surface area contributed by atoms with E-state index in [1.54, 1.807) is 0 Å². The first-order valence-electron chi connectivity index (χ1n) is 7.66. The van der Waals surface area contributed by atoms with Crippen LogP contribution in [-0.2, 0) is 4.74 Å². The molecule has 0 N–H and O–H groups in total. The second-order valence-corrected chi connectivity index (χ2v) is 5.83. The Bertz CT molecular complexity index is 557. The molecule has 23 heavy (non-hydrogen) atoms. The van der Waals surface area contributed by atoms with Gasteiger partial charge < -0.3 is 4.74 Å². The molecule has 0 aliphatic carbocycles. The van der Waals surface area contributed by atoms with Gasteiger partial charge in [0.15, 0.2) is 0 Å². The molecule has 1 nitrogen and oxygen atoms in total. The number of halogens is 5. The average Bonchev–Trinajstić information content (AvgIpc) is 2.46. The smallest absolute Gasteiger partial charge is 0.373 e. The summed E-state index contributed by atoms with van der Waals surface area (Å²) in [4.78, 5) is 0. The predicted molar refractivity (Wildman–Crippen MR) is 77.9 cm³/mol. The van der Waals surface area contributed by atoms with Gasteiger partial charge in [-0.2, -0.15) is 13.2 Å². The molecule has 1 aliphatic rings. The molecule has 2 unspecified atom stereocenters. The summed E-state index contributed by atoms with van der Waals surface area (Å²) >= 11 is 0. The van der Waals surface area contributed by atoms with E-state index >= 15 is 0 Å². The van der Waals surface area contributed by atoms with Gasteiger partial charge >= 0.3 is 6.18 Å². The Morgan fingerprint density at radius 1 is 1.30 bits per heavy atom. The molecule has 1 heterocycles. The minimum atomic E-state index is -4.82. The van der Waals surface area contributed by atoms with Crippen molar-refractivity contribution < 1.29 is 26.7 Å². The molecule has 1 aliphatic heterocycles. The van der Waals surface area contributed by atoms with Crippen LogP contribution in [0.1, 0.15) is 49.8 Å². The van der Waals surface area contributed by atoms with Crippen LogP contribution in [-0.4, -0.2) is 12.8 Å². The van der Waals surface area contributed by atoms with E-state index in [0.717, 1.165) is 37.8 Å². The second kappa shape index (κ2) is 7.43. The van der Waals surface area contributed by atoms with E-state index in [-0.39, 0.29) is 6.10 Å². The molecule has 2 atom stereocenters. The van der Waals surface area contributed by atoms with Crippen LogP contribution in [0, 0.1) is 11.7 Å². The van der Waals surface area contributed by atoms with E-state index in [2.05, 4.69) is 6.92 Å². The maximum atomic E-state index is 13.9. The van der Waals surface area contributed by atoms with Gasteiger partial charge in [-0.1, -0.05) is 19.4 Å². The van der Waals surface area contributed by atoms with Crippen molar-refractivity contribution >= 4 is 5.83 Å². The molecule has 0 radical (unpaired) electrons. The van der Waals surface area contributed by atoms with Crippen LogP contribution in [0.2, 0.25) is 0 Å². The van der Waals surface area contributed by atoms with E-state index in [1.165, 1.54) is 6.07 Å². The lowest BCUT2D eigenvalue weighted by atomic mass is 9.91. The standard InChI is InChI=1S/C17H19F5O/c1-2-3-11-4-7-16(23-10-11)12-5-6-13(14(18)8-12)15(19)9-17(20,21)22/h5-6,8-9,11,16H,2-4,7,10H2,1H3/b15-9-. The van der Waals surface area contributed by atoms with Gasteiger partial charge in [-0.15, -0.1) is 0 Å². The maximum absolute atomic E-state index is 13.9. The number of ether oxygens (including phenoxy) is 1. The Balaban J connectivity index is 2.10. The van der Waals surface area contributed by atoms with Crippen molar-refractivity contribution in [1.29, 1.82) is 0 Å². The van der Waals surface area contributed by atoms with Crippen LogP contribution in [0.4, 0.5) is 22.0 Å². The first kappa shape index (κ1) is 17.9. The minimum absolute atomic E-state index is 0.290. The third-order valence-corrected chi connectivity index (χ3v) is 3.98. The molecule has 1 saturated heterocycles. The summed E-state index contributed by atoms with van der Waals surface area (Å²) in [6.45, 7) is 2.69. The van der Waals surface area contributed by atoms with Crippen molar-refractivity contribution in [2.45, 2.75) is 44.9 Å². The SMILES string of the molecule is CCCC1CCC(c2ccc(/C(F)=C/C(F)(F)F)c(F)c2)OC1. The number of hydrogen-bond acceptors (Lipinski definition) is 1. The van der Waals surface area contributed by atoms with Gasteiger partial charge in [0.25, 0.3) is 0 Å². The first-order valence-corrected chi connectivity index (χ1v) is 7.66. The van der Waals surface area contributed by atoms with Gasteiger partial charge in [-0.3, -0.25) is 0 Å². The molecule has 1 aromatic rings. The van der Waals surface area contributed by atoms with Crippen molar-refractivity contribution in [2.75, 3.05) is 6.61 Å². The highest BCUT2D eigenvalue weighted by Gasteiger charge is 2.27. The van der Waals surface area contributed by atoms with Crippen molar-refractivity contribution in [3.63, 3.8) is 0 Å². The van der Waals surface area contributed by atoms with Gasteiger partial charge in [0.05, 0.1) is 18.8 Å². The normalized spacial score (nSPS) is 23.1. The molecule has 0 aromatic heterocycles. The van der Waals surface area contributed by atoms with Crippen LogP contribution in [0.25, 0.3) is 5.83 Å². The lowest BCUT2D eigenvalue weighted by Crippen LogP contribution is -2.20. The third-order valence-electron chi connectivity index (χ3n) is 3.98. The van der Waals surface area contributed by atoms with E-state index in [0.29, 0.717) is 18.1 Å². The van der Waals surface area contributed by atoms with Gasteiger partial charge in [0, 0.05) is 5.56 Å². The monoisotopic (exact) mass is 334 g/mol. The highest BCUT2D eigenvalue weighted by Crippen LogP contribution is 2.34. The third kappa shape index (κ3) is 5.03. The summed E-state index contributed by atoms with van der Waals surface area (Å²) in [6, 6.07) is 3.51. The van der Waals surface area contributed by atoms with Crippen LogP contribution in [0.3, 0.4) is 0 Å². The molecule has 128 valence electrons. The summed E-state index contributed by atoms with van der Waals surface area (Å²) in [6.07, 6.45) is -1.82. The van der Waals surface area contributed by atoms with Crippen molar-refractivity contribution in [3.05, 3.63) is 41.2 Å². The Kier molecular flexibility index (Phi) is 5.79. The van der Waals surface area contributed by atoms with Crippen molar-refractivity contribution in [3.8, 4) is 0 Å². The van der Waals surface area contributed by atoms with Gasteiger partial charge in [0.2, 0.25) is 0 Å². The number of benzene rings is 1. The zero-order valence-corrected chi connectivity index (χ0v) is 12.8. The van der Waals surface area contributed by atoms with Crippen molar-refractivity contribution in [2.24, 2.45) is 5.92 Å². The fraction of sp³-hybridized carbons (Fsp3) is 0.529. The molecule has 0 saturated carbocycles. The molecular formula is C17H19F5O. The summed E-state index contributed by atoms with van der Waals surface area (Å²) in [5, 5.41) is 0. The van der Waals surface area contributed by atoms with Gasteiger partial charge in [-0.25, -0.2) is 8.78 Å². The number of rotatable bonds is 4. The number of hydrogen-bond donors (Lipinski definition) is 0. The van der Waals surface area contributed by atoms with Crippen molar-refractivity contribution in [1.82, 2.24) is 0 Å². The average molecular weight is 334 g/mol. The number of alkyl halides is 3. The fourth-order valence-electron chi connectivity index (χ4n) is 2.85. The van der Waals surface area contributed by atoms with Crippen LogP contribution >= 0.6 is 0 Å². The minimum Gasteiger partial charge on any atom is -0.373 e. The molecule has 1 aromatic carbocycles. The predicted octanol–water partition coefficient (Wildman–Crippen LogP) is 5.97.